The number of nitrogens with zero attached hydrogens (tertiary/aromatic N) is 3. The topological polar surface area (TPSA) is 78.2 Å². The van der Waals surface area contributed by atoms with Crippen molar-refractivity contribution in [2.75, 3.05) is 36.5 Å². The lowest BCUT2D eigenvalue weighted by atomic mass is 10.1. The Bertz CT molecular complexity index is 1090. The molecule has 0 unspecified atom stereocenters. The average molecular weight is 384 g/mol. The van der Waals surface area contributed by atoms with Crippen molar-refractivity contribution < 1.29 is 9.53 Å². The molecule has 1 aromatic heterocycles. The molecular formula is C23H20N4O2. The smallest absolute Gasteiger partial charge is 0.266 e. The second-order valence-corrected chi connectivity index (χ2v) is 6.69. The largest absolute Gasteiger partial charge is 0.378 e. The van der Waals surface area contributed by atoms with Crippen LogP contribution in [0.25, 0.3) is 17.0 Å². The molecule has 4 rings (SSSR count). The first-order chi connectivity index (χ1) is 14.2. The van der Waals surface area contributed by atoms with Crippen molar-refractivity contribution >= 4 is 34.3 Å². The molecule has 2 heterocycles. The van der Waals surface area contributed by atoms with E-state index in [-0.39, 0.29) is 5.57 Å². The molecule has 0 aliphatic carbocycles. The second-order valence-electron chi connectivity index (χ2n) is 6.69. The minimum atomic E-state index is -0.443. The minimum absolute atomic E-state index is 0.0463. The van der Waals surface area contributed by atoms with Gasteiger partial charge in [-0.1, -0.05) is 18.2 Å². The summed E-state index contributed by atoms with van der Waals surface area (Å²) in [6.45, 7) is 3.18. The van der Waals surface area contributed by atoms with Gasteiger partial charge in [-0.2, -0.15) is 5.26 Å². The van der Waals surface area contributed by atoms with E-state index in [9.17, 15) is 10.1 Å². The number of pyridine rings is 1. The molecule has 3 aromatic rings. The summed E-state index contributed by atoms with van der Waals surface area (Å²) in [6, 6.07) is 19.0. The van der Waals surface area contributed by atoms with E-state index in [1.807, 2.05) is 54.6 Å². The van der Waals surface area contributed by atoms with Gasteiger partial charge in [0.15, 0.2) is 0 Å². The maximum Gasteiger partial charge on any atom is 0.266 e. The number of carbonyl (C=O) groups is 1. The zero-order valence-electron chi connectivity index (χ0n) is 15.8. The Morgan fingerprint density at radius 2 is 1.90 bits per heavy atom. The number of rotatable bonds is 4. The lowest BCUT2D eigenvalue weighted by Gasteiger charge is -2.28. The molecule has 0 bridgehead atoms. The number of fused-ring (bicyclic) bond motifs is 1. The molecule has 29 heavy (non-hydrogen) atoms. The molecule has 6 heteroatoms. The van der Waals surface area contributed by atoms with Crippen molar-refractivity contribution in [1.82, 2.24) is 4.98 Å². The van der Waals surface area contributed by atoms with Crippen LogP contribution in [0.15, 0.2) is 66.4 Å². The van der Waals surface area contributed by atoms with Crippen LogP contribution in [-0.2, 0) is 9.53 Å². The van der Waals surface area contributed by atoms with Crippen molar-refractivity contribution in [1.29, 1.82) is 5.26 Å². The molecule has 1 aliphatic rings. The van der Waals surface area contributed by atoms with Crippen LogP contribution in [-0.4, -0.2) is 37.2 Å². The lowest BCUT2D eigenvalue weighted by Crippen LogP contribution is -2.36. The Kier molecular flexibility index (Phi) is 5.50. The van der Waals surface area contributed by atoms with Crippen LogP contribution in [0, 0.1) is 11.3 Å². The molecule has 0 spiro atoms. The molecule has 1 fully saturated rings. The maximum absolute atomic E-state index is 12.7. The summed E-state index contributed by atoms with van der Waals surface area (Å²) >= 11 is 0. The number of nitriles is 1. The van der Waals surface area contributed by atoms with Gasteiger partial charge in [0.05, 0.1) is 24.4 Å². The number of hydrogen-bond acceptors (Lipinski definition) is 5. The monoisotopic (exact) mass is 384 g/mol. The van der Waals surface area contributed by atoms with Gasteiger partial charge in [-0.25, -0.2) is 0 Å². The molecule has 0 radical (unpaired) electrons. The van der Waals surface area contributed by atoms with Gasteiger partial charge in [-0.05, 0) is 48.0 Å². The summed E-state index contributed by atoms with van der Waals surface area (Å²) in [5.41, 5.74) is 3.37. The third kappa shape index (κ3) is 4.26. The van der Waals surface area contributed by atoms with Crippen LogP contribution in [0.2, 0.25) is 0 Å². The Labute approximate surface area is 169 Å². The van der Waals surface area contributed by atoms with Gasteiger partial charge in [0.25, 0.3) is 5.91 Å². The standard InChI is InChI=1S/C23H20N4O2/c24-16-18(15-17-6-8-19(9-7-17)27-11-13-29-14-12-27)23(28)26-22-5-1-4-21-20(22)3-2-10-25-21/h1-10,15H,11-14H2,(H,26,28). The number of nitrogens with one attached hydrogen (secondary N) is 1. The lowest BCUT2D eigenvalue weighted by molar-refractivity contribution is -0.112. The summed E-state index contributed by atoms with van der Waals surface area (Å²) in [7, 11) is 0. The van der Waals surface area contributed by atoms with E-state index in [1.165, 1.54) is 0 Å². The quantitative estimate of drug-likeness (QED) is 0.549. The average Bonchev–Trinajstić information content (AvgIpc) is 2.78. The molecule has 0 saturated carbocycles. The van der Waals surface area contributed by atoms with E-state index < -0.39 is 5.91 Å². The van der Waals surface area contributed by atoms with Crippen molar-refractivity contribution in [2.45, 2.75) is 0 Å². The van der Waals surface area contributed by atoms with Gasteiger partial charge >= 0.3 is 0 Å². The van der Waals surface area contributed by atoms with E-state index in [4.69, 9.17) is 4.74 Å². The van der Waals surface area contributed by atoms with Crippen molar-refractivity contribution in [3.8, 4) is 6.07 Å². The predicted octanol–water partition coefficient (Wildman–Crippen LogP) is 3.62. The second kappa shape index (κ2) is 8.55. The third-order valence-electron chi connectivity index (χ3n) is 4.84. The Hall–Kier alpha value is -3.69. The fourth-order valence-electron chi connectivity index (χ4n) is 3.32. The minimum Gasteiger partial charge on any atom is -0.378 e. The summed E-state index contributed by atoms with van der Waals surface area (Å²) < 4.78 is 5.38. The van der Waals surface area contributed by atoms with E-state index >= 15 is 0 Å². The number of morpholine rings is 1. The summed E-state index contributed by atoms with van der Waals surface area (Å²) in [4.78, 5) is 19.2. The summed E-state index contributed by atoms with van der Waals surface area (Å²) in [5, 5.41) is 13.2. The number of benzene rings is 2. The third-order valence-corrected chi connectivity index (χ3v) is 4.84. The highest BCUT2D eigenvalue weighted by atomic mass is 16.5. The van der Waals surface area contributed by atoms with Crippen LogP contribution in [0.3, 0.4) is 0 Å². The summed E-state index contributed by atoms with van der Waals surface area (Å²) in [5.74, 6) is -0.443. The number of anilines is 2. The van der Waals surface area contributed by atoms with Gasteiger partial charge in [-0.3, -0.25) is 9.78 Å². The zero-order chi connectivity index (χ0) is 20.1. The van der Waals surface area contributed by atoms with Crippen LogP contribution < -0.4 is 10.2 Å². The van der Waals surface area contributed by atoms with E-state index in [0.717, 1.165) is 48.5 Å². The van der Waals surface area contributed by atoms with Crippen LogP contribution in [0.5, 0.6) is 0 Å². The van der Waals surface area contributed by atoms with Gasteiger partial charge in [-0.15, -0.1) is 0 Å². The van der Waals surface area contributed by atoms with Gasteiger partial charge in [0.1, 0.15) is 11.6 Å². The molecule has 1 N–H and O–H groups in total. The highest BCUT2D eigenvalue weighted by Gasteiger charge is 2.13. The number of hydrogen-bond donors (Lipinski definition) is 1. The van der Waals surface area contributed by atoms with Gasteiger partial charge in [0.2, 0.25) is 0 Å². The zero-order valence-corrected chi connectivity index (χ0v) is 15.8. The normalized spacial score (nSPS) is 14.4. The van der Waals surface area contributed by atoms with E-state index in [0.29, 0.717) is 5.69 Å². The Morgan fingerprint density at radius 1 is 1.10 bits per heavy atom. The highest BCUT2D eigenvalue weighted by Crippen LogP contribution is 2.22. The fourth-order valence-corrected chi connectivity index (χ4v) is 3.32. The SMILES string of the molecule is N#CC(=Cc1ccc(N2CCOCC2)cc1)C(=O)Nc1cccc2ncccc12. The number of ether oxygens (including phenoxy) is 1. The maximum atomic E-state index is 12.7. The molecule has 1 saturated heterocycles. The van der Waals surface area contributed by atoms with Gasteiger partial charge in [0, 0.05) is 30.4 Å². The molecule has 144 valence electrons. The number of aromatic nitrogens is 1. The van der Waals surface area contributed by atoms with Crippen molar-refractivity contribution in [2.24, 2.45) is 0 Å². The molecule has 6 nitrogen and oxygen atoms in total. The number of carbonyl (C=O) groups excluding carboxylic acids is 1. The van der Waals surface area contributed by atoms with Crippen molar-refractivity contribution in [3.63, 3.8) is 0 Å². The van der Waals surface area contributed by atoms with E-state index in [1.54, 1.807) is 18.3 Å². The Balaban J connectivity index is 1.52. The van der Waals surface area contributed by atoms with Crippen LogP contribution in [0.1, 0.15) is 5.56 Å². The van der Waals surface area contributed by atoms with Crippen molar-refractivity contribution in [3.05, 3.63) is 71.9 Å². The molecule has 2 aromatic carbocycles. The molecular weight excluding hydrogens is 364 g/mol. The molecule has 1 amide bonds. The van der Waals surface area contributed by atoms with E-state index in [2.05, 4.69) is 15.2 Å². The Morgan fingerprint density at radius 3 is 2.66 bits per heavy atom. The summed E-state index contributed by atoms with van der Waals surface area (Å²) in [6.07, 6.45) is 3.30. The first-order valence-corrected chi connectivity index (χ1v) is 9.44. The van der Waals surface area contributed by atoms with Crippen LogP contribution in [0.4, 0.5) is 11.4 Å². The predicted molar refractivity (Wildman–Crippen MR) is 113 cm³/mol. The highest BCUT2D eigenvalue weighted by molar-refractivity contribution is 6.12. The molecule has 1 aliphatic heterocycles. The van der Waals surface area contributed by atoms with Crippen LogP contribution >= 0.6 is 0 Å². The molecule has 0 atom stereocenters. The van der Waals surface area contributed by atoms with Gasteiger partial charge < -0.3 is 15.0 Å². The first kappa shape index (κ1) is 18.7. The first-order valence-electron chi connectivity index (χ1n) is 9.44. The number of amides is 1. The fraction of sp³-hybridized carbons (Fsp3) is 0.174.